The quantitative estimate of drug-likeness (QED) is 0.763. The SMILES string of the molecule is Cn1ccc(C(=O)N2CC(CBr)OC(C)(C)C2)cc1=O. The number of ether oxygens (including phenoxy) is 1. The van der Waals surface area contributed by atoms with Crippen LogP contribution in [0, 0.1) is 0 Å². The molecule has 1 fully saturated rings. The van der Waals surface area contributed by atoms with Crippen LogP contribution in [0.2, 0.25) is 0 Å². The summed E-state index contributed by atoms with van der Waals surface area (Å²) in [6, 6.07) is 3.06. The highest BCUT2D eigenvalue weighted by molar-refractivity contribution is 9.09. The Morgan fingerprint density at radius 3 is 2.85 bits per heavy atom. The van der Waals surface area contributed by atoms with Crippen LogP contribution in [0.1, 0.15) is 24.2 Å². The molecule has 0 spiro atoms. The Bertz CT molecular complexity index is 568. The van der Waals surface area contributed by atoms with Crippen LogP contribution in [0.4, 0.5) is 0 Å². The van der Waals surface area contributed by atoms with Gasteiger partial charge in [-0.3, -0.25) is 9.59 Å². The number of rotatable bonds is 2. The molecule has 0 aliphatic carbocycles. The summed E-state index contributed by atoms with van der Waals surface area (Å²) in [4.78, 5) is 25.9. The third-order valence-electron chi connectivity index (χ3n) is 3.29. The van der Waals surface area contributed by atoms with Gasteiger partial charge in [0.2, 0.25) is 0 Å². The molecule has 1 amide bonds. The number of morpholine rings is 1. The Morgan fingerprint density at radius 1 is 1.55 bits per heavy atom. The normalized spacial score (nSPS) is 21.8. The number of amides is 1. The second-order valence-electron chi connectivity index (χ2n) is 5.70. The van der Waals surface area contributed by atoms with Crippen LogP contribution in [0.5, 0.6) is 0 Å². The lowest BCUT2D eigenvalue weighted by Gasteiger charge is -2.42. The van der Waals surface area contributed by atoms with Gasteiger partial charge >= 0.3 is 0 Å². The van der Waals surface area contributed by atoms with Crippen LogP contribution in [-0.4, -0.2) is 45.5 Å². The fourth-order valence-corrected chi connectivity index (χ4v) is 2.73. The van der Waals surface area contributed by atoms with Gasteiger partial charge in [-0.1, -0.05) is 15.9 Å². The van der Waals surface area contributed by atoms with Gasteiger partial charge in [0.1, 0.15) is 0 Å². The Labute approximate surface area is 126 Å². The molecule has 0 bridgehead atoms. The van der Waals surface area contributed by atoms with Gasteiger partial charge in [-0.2, -0.15) is 0 Å². The number of hydrogen-bond donors (Lipinski definition) is 0. The Kier molecular flexibility index (Phi) is 4.34. The molecule has 1 aromatic heterocycles. The zero-order valence-corrected chi connectivity index (χ0v) is 13.5. The summed E-state index contributed by atoms with van der Waals surface area (Å²) in [5.74, 6) is -0.120. The first-order valence-electron chi connectivity index (χ1n) is 6.52. The van der Waals surface area contributed by atoms with Crippen molar-refractivity contribution in [2.45, 2.75) is 25.6 Å². The van der Waals surface area contributed by atoms with Gasteiger partial charge in [-0.25, -0.2) is 0 Å². The Hall–Kier alpha value is -1.14. The van der Waals surface area contributed by atoms with E-state index in [-0.39, 0.29) is 23.2 Å². The number of alkyl halides is 1. The monoisotopic (exact) mass is 342 g/mol. The topological polar surface area (TPSA) is 51.5 Å². The molecule has 1 saturated heterocycles. The first-order chi connectivity index (χ1) is 9.32. The van der Waals surface area contributed by atoms with E-state index >= 15 is 0 Å². The van der Waals surface area contributed by atoms with Crippen LogP contribution in [0.25, 0.3) is 0 Å². The predicted molar refractivity (Wildman–Crippen MR) is 80.3 cm³/mol. The molecule has 0 N–H and O–H groups in total. The maximum Gasteiger partial charge on any atom is 0.254 e. The molecule has 0 saturated carbocycles. The second-order valence-corrected chi connectivity index (χ2v) is 6.35. The minimum absolute atomic E-state index is 0.0331. The lowest BCUT2D eigenvalue weighted by molar-refractivity contribution is -0.116. The average Bonchev–Trinajstić information content (AvgIpc) is 2.39. The van der Waals surface area contributed by atoms with E-state index in [1.165, 1.54) is 10.6 Å². The molecular formula is C14H19BrN2O3. The molecule has 6 heteroatoms. The van der Waals surface area contributed by atoms with Crippen molar-refractivity contribution in [3.05, 3.63) is 34.2 Å². The molecule has 0 aromatic carbocycles. The van der Waals surface area contributed by atoms with E-state index in [0.29, 0.717) is 24.0 Å². The van der Waals surface area contributed by atoms with Crippen molar-refractivity contribution < 1.29 is 9.53 Å². The number of hydrogen-bond acceptors (Lipinski definition) is 3. The number of aryl methyl sites for hydroxylation is 1. The number of aromatic nitrogens is 1. The molecule has 1 atom stereocenters. The number of carbonyl (C=O) groups excluding carboxylic acids is 1. The minimum Gasteiger partial charge on any atom is -0.368 e. The third kappa shape index (κ3) is 3.30. The minimum atomic E-state index is -0.383. The van der Waals surface area contributed by atoms with Crippen molar-refractivity contribution >= 4 is 21.8 Å². The molecule has 0 radical (unpaired) electrons. The van der Waals surface area contributed by atoms with Crippen molar-refractivity contribution in [2.24, 2.45) is 7.05 Å². The largest absolute Gasteiger partial charge is 0.368 e. The summed E-state index contributed by atoms with van der Waals surface area (Å²) in [6.07, 6.45) is 1.58. The molecular weight excluding hydrogens is 324 g/mol. The van der Waals surface area contributed by atoms with E-state index in [4.69, 9.17) is 4.74 Å². The van der Waals surface area contributed by atoms with Crippen molar-refractivity contribution in [3.63, 3.8) is 0 Å². The predicted octanol–water partition coefficient (Wildman–Crippen LogP) is 1.40. The van der Waals surface area contributed by atoms with E-state index in [9.17, 15) is 9.59 Å². The van der Waals surface area contributed by atoms with Gasteiger partial charge in [-0.05, 0) is 19.9 Å². The Balaban J connectivity index is 2.23. The fourth-order valence-electron chi connectivity index (χ4n) is 2.39. The summed E-state index contributed by atoms with van der Waals surface area (Å²) >= 11 is 3.40. The molecule has 2 heterocycles. The average molecular weight is 343 g/mol. The Morgan fingerprint density at radius 2 is 2.25 bits per heavy atom. The lowest BCUT2D eigenvalue weighted by Crippen LogP contribution is -2.55. The maximum atomic E-state index is 12.5. The highest BCUT2D eigenvalue weighted by atomic mass is 79.9. The summed E-state index contributed by atoms with van der Waals surface area (Å²) in [5.41, 5.74) is -0.133. The lowest BCUT2D eigenvalue weighted by atomic mass is 10.0. The van der Waals surface area contributed by atoms with Crippen LogP contribution >= 0.6 is 15.9 Å². The second kappa shape index (κ2) is 5.69. The van der Waals surface area contributed by atoms with E-state index in [2.05, 4.69) is 15.9 Å². The number of nitrogens with zero attached hydrogens (tertiary/aromatic N) is 2. The first kappa shape index (κ1) is 15.3. The van der Waals surface area contributed by atoms with Crippen molar-refractivity contribution in [1.82, 2.24) is 9.47 Å². The zero-order chi connectivity index (χ0) is 14.9. The highest BCUT2D eigenvalue weighted by Gasteiger charge is 2.35. The van der Waals surface area contributed by atoms with Crippen LogP contribution in [-0.2, 0) is 11.8 Å². The molecule has 20 heavy (non-hydrogen) atoms. The summed E-state index contributed by atoms with van der Waals surface area (Å²) < 4.78 is 7.32. The molecule has 5 nitrogen and oxygen atoms in total. The van der Waals surface area contributed by atoms with E-state index in [0.717, 1.165) is 0 Å². The zero-order valence-electron chi connectivity index (χ0n) is 11.9. The van der Waals surface area contributed by atoms with Gasteiger partial charge in [0.25, 0.3) is 11.5 Å². The smallest absolute Gasteiger partial charge is 0.254 e. The van der Waals surface area contributed by atoms with E-state index in [1.807, 2.05) is 13.8 Å². The van der Waals surface area contributed by atoms with E-state index in [1.54, 1.807) is 24.2 Å². The fraction of sp³-hybridized carbons (Fsp3) is 0.571. The summed E-state index contributed by atoms with van der Waals surface area (Å²) in [7, 11) is 1.66. The molecule has 1 aromatic rings. The van der Waals surface area contributed by atoms with Crippen LogP contribution in [0.15, 0.2) is 23.1 Å². The summed E-state index contributed by atoms with van der Waals surface area (Å²) in [5, 5.41) is 0.677. The molecule has 1 unspecified atom stereocenters. The summed E-state index contributed by atoms with van der Waals surface area (Å²) in [6.45, 7) is 4.98. The standard InChI is InChI=1S/C14H19BrN2O3/c1-14(2)9-17(8-11(7-15)20-14)13(19)10-4-5-16(3)12(18)6-10/h4-6,11H,7-9H2,1-3H3. The van der Waals surface area contributed by atoms with Gasteiger partial charge in [-0.15, -0.1) is 0 Å². The number of halogens is 1. The first-order valence-corrected chi connectivity index (χ1v) is 7.64. The van der Waals surface area contributed by atoms with Gasteiger partial charge < -0.3 is 14.2 Å². The van der Waals surface area contributed by atoms with Crippen molar-refractivity contribution in [3.8, 4) is 0 Å². The van der Waals surface area contributed by atoms with Gasteiger partial charge in [0.15, 0.2) is 0 Å². The maximum absolute atomic E-state index is 12.5. The molecule has 2 rings (SSSR count). The van der Waals surface area contributed by atoms with Gasteiger partial charge in [0.05, 0.1) is 11.7 Å². The number of pyridine rings is 1. The molecule has 110 valence electrons. The highest BCUT2D eigenvalue weighted by Crippen LogP contribution is 2.23. The third-order valence-corrected chi connectivity index (χ3v) is 4.01. The van der Waals surface area contributed by atoms with Gasteiger partial charge in [0, 0.05) is 43.3 Å². The van der Waals surface area contributed by atoms with Crippen LogP contribution < -0.4 is 5.56 Å². The van der Waals surface area contributed by atoms with E-state index < -0.39 is 0 Å². The molecule has 1 aliphatic rings. The van der Waals surface area contributed by atoms with Crippen molar-refractivity contribution in [1.29, 1.82) is 0 Å². The van der Waals surface area contributed by atoms with Crippen LogP contribution in [0.3, 0.4) is 0 Å². The number of carbonyl (C=O) groups is 1. The molecule has 1 aliphatic heterocycles. The van der Waals surface area contributed by atoms with Crippen molar-refractivity contribution in [2.75, 3.05) is 18.4 Å².